The van der Waals surface area contributed by atoms with Gasteiger partial charge in [-0.25, -0.2) is 9.78 Å². The van der Waals surface area contributed by atoms with E-state index in [0.717, 1.165) is 21.2 Å². The molecule has 4 rings (SSSR count). The van der Waals surface area contributed by atoms with Crippen molar-refractivity contribution in [3.05, 3.63) is 76.0 Å². The van der Waals surface area contributed by atoms with Crippen LogP contribution in [0, 0.1) is 0 Å². The van der Waals surface area contributed by atoms with Crippen LogP contribution in [0.3, 0.4) is 0 Å². The van der Waals surface area contributed by atoms with Crippen molar-refractivity contribution in [1.82, 2.24) is 15.2 Å². The number of benzene rings is 2. The summed E-state index contributed by atoms with van der Waals surface area (Å²) in [4.78, 5) is 30.9. The van der Waals surface area contributed by atoms with Gasteiger partial charge in [0.25, 0.3) is 5.91 Å². The number of carbonyl (C=O) groups excluding carboxylic acids is 2. The molecule has 2 aromatic carbocycles. The molecule has 0 saturated carbocycles. The molecule has 5 nitrogen and oxygen atoms in total. The SMILES string of the molecule is C[C@@]1(c2cccc3ccccc23)NC(=O)N(Cc2ccc(Cl)nc2Cl)C1=O. The fraction of sp³-hybridized carbons (Fsp3) is 0.150. The van der Waals surface area contributed by atoms with Gasteiger partial charge in [0.1, 0.15) is 15.8 Å². The summed E-state index contributed by atoms with van der Waals surface area (Å²) in [6.07, 6.45) is 0. The molecular formula is C20H15Cl2N3O2. The Labute approximate surface area is 165 Å². The molecule has 0 aliphatic carbocycles. The molecule has 0 spiro atoms. The third-order valence-electron chi connectivity index (χ3n) is 4.82. The Balaban J connectivity index is 1.73. The van der Waals surface area contributed by atoms with Gasteiger partial charge in [-0.3, -0.25) is 9.69 Å². The van der Waals surface area contributed by atoms with Gasteiger partial charge in [-0.15, -0.1) is 0 Å². The number of nitrogens with zero attached hydrogens (tertiary/aromatic N) is 2. The van der Waals surface area contributed by atoms with Crippen molar-refractivity contribution in [3.8, 4) is 0 Å². The Kier molecular flexibility index (Phi) is 4.29. The summed E-state index contributed by atoms with van der Waals surface area (Å²) in [5, 5.41) is 5.18. The number of hydrogen-bond donors (Lipinski definition) is 1. The number of fused-ring (bicyclic) bond motifs is 1. The molecule has 1 saturated heterocycles. The highest BCUT2D eigenvalue weighted by Crippen LogP contribution is 2.34. The molecule has 1 atom stereocenters. The molecule has 27 heavy (non-hydrogen) atoms. The van der Waals surface area contributed by atoms with Gasteiger partial charge in [0.15, 0.2) is 0 Å². The topological polar surface area (TPSA) is 62.3 Å². The highest BCUT2D eigenvalue weighted by atomic mass is 35.5. The second kappa shape index (κ2) is 6.51. The Morgan fingerprint density at radius 3 is 2.56 bits per heavy atom. The lowest BCUT2D eigenvalue weighted by Crippen LogP contribution is -2.41. The van der Waals surface area contributed by atoms with E-state index in [9.17, 15) is 9.59 Å². The largest absolute Gasteiger partial charge is 0.325 e. The smallest absolute Gasteiger partial charge is 0.319 e. The van der Waals surface area contributed by atoms with Crippen molar-refractivity contribution >= 4 is 45.9 Å². The van der Waals surface area contributed by atoms with Gasteiger partial charge >= 0.3 is 6.03 Å². The van der Waals surface area contributed by atoms with Gasteiger partial charge in [-0.05, 0) is 29.3 Å². The molecule has 7 heteroatoms. The lowest BCUT2D eigenvalue weighted by atomic mass is 9.88. The van der Waals surface area contributed by atoms with Gasteiger partial charge in [-0.1, -0.05) is 71.7 Å². The lowest BCUT2D eigenvalue weighted by Gasteiger charge is -2.24. The molecule has 0 radical (unpaired) electrons. The molecule has 1 aliphatic rings. The zero-order valence-electron chi connectivity index (χ0n) is 14.4. The van der Waals surface area contributed by atoms with Crippen LogP contribution < -0.4 is 5.32 Å². The molecule has 3 aromatic rings. The Morgan fingerprint density at radius 2 is 1.78 bits per heavy atom. The molecule has 1 fully saturated rings. The van der Waals surface area contributed by atoms with Crippen LogP contribution in [0.4, 0.5) is 4.79 Å². The minimum atomic E-state index is -1.16. The van der Waals surface area contributed by atoms with Crippen LogP contribution in [0.5, 0.6) is 0 Å². The van der Waals surface area contributed by atoms with E-state index in [1.807, 2.05) is 42.5 Å². The highest BCUT2D eigenvalue weighted by molar-refractivity contribution is 6.32. The third kappa shape index (κ3) is 2.93. The third-order valence-corrected chi connectivity index (χ3v) is 5.36. The summed E-state index contributed by atoms with van der Waals surface area (Å²) in [7, 11) is 0. The lowest BCUT2D eigenvalue weighted by molar-refractivity contribution is -0.131. The van der Waals surface area contributed by atoms with Crippen molar-refractivity contribution in [2.75, 3.05) is 0 Å². The van der Waals surface area contributed by atoms with Gasteiger partial charge in [0, 0.05) is 5.56 Å². The average Bonchev–Trinajstić information content (AvgIpc) is 2.87. The quantitative estimate of drug-likeness (QED) is 0.520. The number of urea groups is 1. The maximum atomic E-state index is 13.2. The fourth-order valence-corrected chi connectivity index (χ4v) is 3.82. The normalized spacial score (nSPS) is 19.6. The first-order valence-electron chi connectivity index (χ1n) is 8.33. The van der Waals surface area contributed by atoms with Gasteiger partial charge in [0.2, 0.25) is 0 Å². The standard InChI is InChI=1S/C20H15Cl2N3O2/c1-20(15-8-4-6-12-5-2-3-7-14(12)15)18(26)25(19(27)24-20)11-13-9-10-16(21)23-17(13)22/h2-10H,11H2,1H3,(H,24,27)/t20-/m0/s1. The minimum absolute atomic E-state index is 0.0219. The van der Waals surface area contributed by atoms with E-state index >= 15 is 0 Å². The number of aromatic nitrogens is 1. The molecule has 3 amide bonds. The molecule has 1 aliphatic heterocycles. The molecule has 136 valence electrons. The van der Waals surface area contributed by atoms with Crippen LogP contribution >= 0.6 is 23.2 Å². The summed E-state index contributed by atoms with van der Waals surface area (Å²) in [5.74, 6) is -0.338. The van der Waals surface area contributed by atoms with Crippen LogP contribution in [0.15, 0.2) is 54.6 Å². The average molecular weight is 400 g/mol. The number of imide groups is 1. The first-order chi connectivity index (χ1) is 12.9. The number of carbonyl (C=O) groups is 2. The molecule has 2 heterocycles. The Hall–Kier alpha value is -2.63. The zero-order valence-corrected chi connectivity index (χ0v) is 15.9. The molecule has 1 N–H and O–H groups in total. The summed E-state index contributed by atoms with van der Waals surface area (Å²) in [6, 6.07) is 16.2. The molecule has 0 bridgehead atoms. The second-order valence-corrected chi connectivity index (χ2v) is 7.30. The predicted molar refractivity (Wildman–Crippen MR) is 105 cm³/mol. The zero-order chi connectivity index (χ0) is 19.2. The first kappa shape index (κ1) is 17.8. The first-order valence-corrected chi connectivity index (χ1v) is 9.09. The van der Waals surface area contributed by atoms with E-state index in [4.69, 9.17) is 23.2 Å². The fourth-order valence-electron chi connectivity index (χ4n) is 3.41. The predicted octanol–water partition coefficient (Wildman–Crippen LogP) is 4.51. The van der Waals surface area contributed by atoms with Crippen molar-refractivity contribution in [1.29, 1.82) is 0 Å². The van der Waals surface area contributed by atoms with Crippen molar-refractivity contribution in [2.45, 2.75) is 19.0 Å². The molecular weight excluding hydrogens is 385 g/mol. The summed E-state index contributed by atoms with van der Waals surface area (Å²) >= 11 is 11.9. The van der Waals surface area contributed by atoms with E-state index in [0.29, 0.717) is 5.56 Å². The van der Waals surface area contributed by atoms with E-state index in [1.54, 1.807) is 19.1 Å². The molecule has 1 aromatic heterocycles. The summed E-state index contributed by atoms with van der Waals surface area (Å²) in [5.41, 5.74) is 0.137. The maximum absolute atomic E-state index is 13.2. The van der Waals surface area contributed by atoms with E-state index < -0.39 is 11.6 Å². The van der Waals surface area contributed by atoms with Gasteiger partial charge in [0.05, 0.1) is 6.54 Å². The number of rotatable bonds is 3. The number of halogens is 2. The van der Waals surface area contributed by atoms with E-state index in [2.05, 4.69) is 10.3 Å². The monoisotopic (exact) mass is 399 g/mol. The van der Waals surface area contributed by atoms with Gasteiger partial charge < -0.3 is 5.32 Å². The summed E-state index contributed by atoms with van der Waals surface area (Å²) < 4.78 is 0. The van der Waals surface area contributed by atoms with Crippen LogP contribution in [0.2, 0.25) is 10.3 Å². The van der Waals surface area contributed by atoms with Crippen LogP contribution in [0.25, 0.3) is 10.8 Å². The Bertz CT molecular complexity index is 1080. The van der Waals surface area contributed by atoms with Crippen molar-refractivity contribution in [3.63, 3.8) is 0 Å². The number of pyridine rings is 1. The number of amides is 3. The Morgan fingerprint density at radius 1 is 1.04 bits per heavy atom. The van der Waals surface area contributed by atoms with Crippen LogP contribution in [-0.2, 0) is 16.9 Å². The summed E-state index contributed by atoms with van der Waals surface area (Å²) in [6.45, 7) is 1.74. The number of hydrogen-bond acceptors (Lipinski definition) is 3. The van der Waals surface area contributed by atoms with Crippen LogP contribution in [0.1, 0.15) is 18.1 Å². The highest BCUT2D eigenvalue weighted by Gasteiger charge is 2.49. The minimum Gasteiger partial charge on any atom is -0.319 e. The van der Waals surface area contributed by atoms with Gasteiger partial charge in [-0.2, -0.15) is 0 Å². The van der Waals surface area contributed by atoms with Crippen molar-refractivity contribution < 1.29 is 9.59 Å². The van der Waals surface area contributed by atoms with E-state index in [-0.39, 0.29) is 22.8 Å². The molecule has 0 unspecified atom stereocenters. The maximum Gasteiger partial charge on any atom is 0.325 e. The van der Waals surface area contributed by atoms with Crippen LogP contribution in [-0.4, -0.2) is 21.8 Å². The number of nitrogens with one attached hydrogen (secondary N) is 1. The van der Waals surface area contributed by atoms with E-state index in [1.165, 1.54) is 0 Å². The van der Waals surface area contributed by atoms with Crippen molar-refractivity contribution in [2.24, 2.45) is 0 Å². The second-order valence-electron chi connectivity index (χ2n) is 6.56.